The molecular formula is C57H37NO2. The Hall–Kier alpha value is -7.88. The molecule has 2 aromatic heterocycles. The third kappa shape index (κ3) is 5.23. The third-order valence-corrected chi connectivity index (χ3v) is 12.4. The molecule has 282 valence electrons. The zero-order valence-corrected chi connectivity index (χ0v) is 32.6. The Bertz CT molecular complexity index is 3310. The summed E-state index contributed by atoms with van der Waals surface area (Å²) in [6, 6.07) is 80.4. The lowest BCUT2D eigenvalue weighted by molar-refractivity contribution is 0.631. The molecule has 0 saturated heterocycles. The fourth-order valence-corrected chi connectivity index (χ4v) is 9.70. The molecule has 0 atom stereocenters. The molecule has 3 nitrogen and oxygen atoms in total. The molecule has 0 amide bonds. The van der Waals surface area contributed by atoms with Gasteiger partial charge in [-0.1, -0.05) is 170 Å². The van der Waals surface area contributed by atoms with Crippen LogP contribution in [-0.4, -0.2) is 0 Å². The van der Waals surface area contributed by atoms with Crippen molar-refractivity contribution in [1.82, 2.24) is 0 Å². The summed E-state index contributed by atoms with van der Waals surface area (Å²) >= 11 is 0. The van der Waals surface area contributed by atoms with E-state index in [2.05, 4.69) is 199 Å². The molecule has 0 bridgehead atoms. The average Bonchev–Trinajstić information content (AvgIpc) is 4.01. The smallest absolute Gasteiger partial charge is 0.143 e. The molecule has 0 fully saturated rings. The Balaban J connectivity index is 1.01. The van der Waals surface area contributed by atoms with Crippen molar-refractivity contribution in [1.29, 1.82) is 0 Å². The Morgan fingerprint density at radius 2 is 0.917 bits per heavy atom. The van der Waals surface area contributed by atoms with E-state index < -0.39 is 5.41 Å². The van der Waals surface area contributed by atoms with Gasteiger partial charge in [-0.2, -0.15) is 0 Å². The summed E-state index contributed by atoms with van der Waals surface area (Å²) < 4.78 is 12.8. The minimum absolute atomic E-state index is 0.472. The van der Waals surface area contributed by atoms with Crippen LogP contribution in [0.25, 0.3) is 66.5 Å². The zero-order chi connectivity index (χ0) is 39.6. The fraction of sp³-hybridized carbons (Fsp3) is 0.0175. The quantitative estimate of drug-likeness (QED) is 0.162. The minimum atomic E-state index is -0.472. The first-order valence-corrected chi connectivity index (χ1v) is 20.5. The van der Waals surface area contributed by atoms with E-state index >= 15 is 0 Å². The number of hydrogen-bond acceptors (Lipinski definition) is 3. The van der Waals surface area contributed by atoms with Crippen LogP contribution in [0.4, 0.5) is 17.1 Å². The van der Waals surface area contributed by atoms with Gasteiger partial charge in [0.05, 0.1) is 5.41 Å². The van der Waals surface area contributed by atoms with Crippen LogP contribution in [0.15, 0.2) is 233 Å². The van der Waals surface area contributed by atoms with Gasteiger partial charge in [-0.25, -0.2) is 0 Å². The van der Waals surface area contributed by atoms with E-state index in [1.165, 1.54) is 33.4 Å². The van der Waals surface area contributed by atoms with Crippen molar-refractivity contribution < 1.29 is 8.83 Å². The Labute approximate surface area is 348 Å². The fourth-order valence-electron chi connectivity index (χ4n) is 9.70. The second kappa shape index (κ2) is 13.6. The van der Waals surface area contributed by atoms with Crippen LogP contribution >= 0.6 is 0 Å². The minimum Gasteiger partial charge on any atom is -0.456 e. The van der Waals surface area contributed by atoms with Gasteiger partial charge in [-0.3, -0.25) is 0 Å². The van der Waals surface area contributed by atoms with E-state index in [4.69, 9.17) is 8.83 Å². The van der Waals surface area contributed by atoms with E-state index in [1.54, 1.807) is 0 Å². The largest absolute Gasteiger partial charge is 0.456 e. The maximum atomic E-state index is 6.45. The molecule has 11 aromatic rings. The average molecular weight is 768 g/mol. The molecule has 2 heterocycles. The van der Waals surface area contributed by atoms with Crippen molar-refractivity contribution in [3.8, 4) is 33.6 Å². The molecule has 3 heteroatoms. The van der Waals surface area contributed by atoms with Crippen molar-refractivity contribution in [3.05, 3.63) is 247 Å². The lowest BCUT2D eigenvalue weighted by atomic mass is 9.68. The molecular weight excluding hydrogens is 731 g/mol. The maximum Gasteiger partial charge on any atom is 0.143 e. The summed E-state index contributed by atoms with van der Waals surface area (Å²) in [4.78, 5) is 2.34. The van der Waals surface area contributed by atoms with Crippen LogP contribution in [0.1, 0.15) is 22.3 Å². The third-order valence-electron chi connectivity index (χ3n) is 12.4. The molecule has 0 unspecified atom stereocenters. The second-order valence-corrected chi connectivity index (χ2v) is 15.6. The van der Waals surface area contributed by atoms with Gasteiger partial charge in [0.15, 0.2) is 0 Å². The van der Waals surface area contributed by atoms with E-state index in [-0.39, 0.29) is 0 Å². The van der Waals surface area contributed by atoms with Crippen LogP contribution in [0, 0.1) is 0 Å². The Kier molecular flexibility index (Phi) is 7.76. The first kappa shape index (κ1) is 34.2. The molecule has 1 aliphatic carbocycles. The molecule has 12 rings (SSSR count). The molecule has 0 radical (unpaired) electrons. The monoisotopic (exact) mass is 767 g/mol. The van der Waals surface area contributed by atoms with Crippen LogP contribution in [0.3, 0.4) is 0 Å². The van der Waals surface area contributed by atoms with Gasteiger partial charge in [0.25, 0.3) is 0 Å². The summed E-state index contributed by atoms with van der Waals surface area (Å²) in [6.07, 6.45) is 0. The highest BCUT2D eigenvalue weighted by atomic mass is 16.3. The van der Waals surface area contributed by atoms with Gasteiger partial charge in [0.1, 0.15) is 22.5 Å². The van der Waals surface area contributed by atoms with E-state index in [0.29, 0.717) is 0 Å². The molecule has 0 aliphatic heterocycles. The van der Waals surface area contributed by atoms with Crippen molar-refractivity contribution in [3.63, 3.8) is 0 Å². The van der Waals surface area contributed by atoms with E-state index in [0.717, 1.165) is 72.4 Å². The van der Waals surface area contributed by atoms with Crippen molar-refractivity contribution in [2.24, 2.45) is 0 Å². The van der Waals surface area contributed by atoms with Crippen LogP contribution in [0.5, 0.6) is 0 Å². The summed E-state index contributed by atoms with van der Waals surface area (Å²) in [7, 11) is 0. The highest BCUT2D eigenvalue weighted by Crippen LogP contribution is 2.56. The molecule has 1 aliphatic rings. The lowest BCUT2D eigenvalue weighted by Gasteiger charge is -2.34. The molecule has 0 N–H and O–H groups in total. The predicted octanol–water partition coefficient (Wildman–Crippen LogP) is 15.5. The molecule has 9 aromatic carbocycles. The van der Waals surface area contributed by atoms with Crippen molar-refractivity contribution >= 4 is 50.0 Å². The zero-order valence-electron chi connectivity index (χ0n) is 32.6. The van der Waals surface area contributed by atoms with Gasteiger partial charge < -0.3 is 13.7 Å². The number of benzene rings is 9. The first-order valence-electron chi connectivity index (χ1n) is 20.5. The summed E-state index contributed by atoms with van der Waals surface area (Å²) in [6.45, 7) is 0. The molecule has 0 saturated carbocycles. The van der Waals surface area contributed by atoms with Gasteiger partial charge in [0.2, 0.25) is 0 Å². The predicted molar refractivity (Wildman–Crippen MR) is 246 cm³/mol. The van der Waals surface area contributed by atoms with Crippen molar-refractivity contribution in [2.75, 3.05) is 4.90 Å². The highest BCUT2D eigenvalue weighted by molar-refractivity contribution is 6.09. The Morgan fingerprint density at radius 3 is 1.65 bits per heavy atom. The topological polar surface area (TPSA) is 29.5 Å². The number of rotatable bonds is 7. The lowest BCUT2D eigenvalue weighted by Crippen LogP contribution is -2.28. The SMILES string of the molecule is c1ccc(-c2cc3cc(N(c4ccc(-c5cccc6c5oc5ccccc56)cc4)c4ccc(C5(c6ccccc6)c6ccccc6-c6ccccc65)cc4)ccc3o2)cc1. The van der Waals surface area contributed by atoms with Gasteiger partial charge >= 0.3 is 0 Å². The van der Waals surface area contributed by atoms with Crippen LogP contribution in [0.2, 0.25) is 0 Å². The maximum absolute atomic E-state index is 6.45. The van der Waals surface area contributed by atoms with Crippen LogP contribution < -0.4 is 4.90 Å². The molecule has 0 spiro atoms. The highest BCUT2D eigenvalue weighted by Gasteiger charge is 2.45. The number of nitrogens with zero attached hydrogens (tertiary/aromatic N) is 1. The number of anilines is 3. The number of hydrogen-bond donors (Lipinski definition) is 0. The standard InChI is InChI=1S/C57H37NO2/c1-3-14-39(15-4-1)55-37-40-36-45(34-35-53(40)59-55)58(43-30-26-38(27-31-43)46-21-13-22-50-49-20-9-12-25-54(49)60-56(46)50)44-32-28-42(29-33-44)57(41-16-5-2-6-17-41)51-23-10-7-18-47(51)48-19-8-11-24-52(48)57/h1-37H. The summed E-state index contributed by atoms with van der Waals surface area (Å²) in [5, 5.41) is 3.30. The van der Waals surface area contributed by atoms with E-state index in [9.17, 15) is 0 Å². The first-order chi connectivity index (χ1) is 29.7. The normalized spacial score (nSPS) is 12.8. The summed E-state index contributed by atoms with van der Waals surface area (Å²) in [5.41, 5.74) is 16.2. The van der Waals surface area contributed by atoms with Crippen LogP contribution in [-0.2, 0) is 5.41 Å². The van der Waals surface area contributed by atoms with Gasteiger partial charge in [-0.15, -0.1) is 0 Å². The Morgan fingerprint density at radius 1 is 0.350 bits per heavy atom. The van der Waals surface area contributed by atoms with Gasteiger partial charge in [0, 0.05) is 44.3 Å². The van der Waals surface area contributed by atoms with Crippen molar-refractivity contribution in [2.45, 2.75) is 5.41 Å². The van der Waals surface area contributed by atoms with Gasteiger partial charge in [-0.05, 0) is 93.5 Å². The molecule has 60 heavy (non-hydrogen) atoms. The number of para-hydroxylation sites is 2. The van der Waals surface area contributed by atoms with E-state index in [1.807, 2.05) is 30.3 Å². The summed E-state index contributed by atoms with van der Waals surface area (Å²) in [5.74, 6) is 0.853. The second-order valence-electron chi connectivity index (χ2n) is 15.6. The number of fused-ring (bicyclic) bond motifs is 7. The number of furan rings is 2.